The number of benzene rings is 2. The Labute approximate surface area is 227 Å². The Hall–Kier alpha value is -3.10. The van der Waals surface area contributed by atoms with Crippen molar-refractivity contribution in [2.75, 3.05) is 38.8 Å². The summed E-state index contributed by atoms with van der Waals surface area (Å²) in [6.07, 6.45) is 6.21. The first-order valence-electron chi connectivity index (χ1n) is 12.6. The van der Waals surface area contributed by atoms with Gasteiger partial charge in [0, 0.05) is 30.6 Å². The maximum atomic E-state index is 13.4. The van der Waals surface area contributed by atoms with E-state index in [2.05, 4.69) is 36.1 Å². The molecule has 0 unspecified atom stereocenters. The highest BCUT2D eigenvalue weighted by Crippen LogP contribution is 2.36. The zero-order valence-corrected chi connectivity index (χ0v) is 23.1. The fraction of sp³-hybridized carbons (Fsp3) is 0.345. The molecule has 6 nitrogen and oxygen atoms in total. The Morgan fingerprint density at radius 2 is 1.81 bits per heavy atom. The van der Waals surface area contributed by atoms with Crippen molar-refractivity contribution in [3.63, 3.8) is 0 Å². The molecule has 3 aromatic rings. The molecule has 0 N–H and O–H groups in total. The van der Waals surface area contributed by atoms with E-state index in [0.29, 0.717) is 33.7 Å². The van der Waals surface area contributed by atoms with E-state index in [1.807, 2.05) is 24.3 Å². The molecule has 2 aliphatic rings. The average molecular weight is 534 g/mol. The number of carbonyl (C=O) groups is 1. The van der Waals surface area contributed by atoms with Crippen LogP contribution in [-0.4, -0.2) is 54.0 Å². The van der Waals surface area contributed by atoms with E-state index in [-0.39, 0.29) is 5.91 Å². The number of anilines is 1. The van der Waals surface area contributed by atoms with Crippen LogP contribution in [0.15, 0.2) is 47.4 Å². The third-order valence-electron chi connectivity index (χ3n) is 6.87. The molecule has 2 aromatic carbocycles. The number of fused-ring (bicyclic) bond motifs is 1. The van der Waals surface area contributed by atoms with E-state index in [1.54, 1.807) is 19.1 Å². The highest BCUT2D eigenvalue weighted by Gasteiger charge is 2.32. The van der Waals surface area contributed by atoms with Gasteiger partial charge in [-0.15, -0.1) is 0 Å². The zero-order valence-electron chi connectivity index (χ0n) is 21.5. The molecule has 37 heavy (non-hydrogen) atoms. The maximum absolute atomic E-state index is 13.4. The minimum atomic E-state index is -0.0515. The molecule has 2 saturated heterocycles. The van der Waals surface area contributed by atoms with E-state index < -0.39 is 0 Å². The van der Waals surface area contributed by atoms with Crippen LogP contribution in [0.2, 0.25) is 0 Å². The number of nitrogens with zero attached hydrogens (tertiary/aromatic N) is 3. The summed E-state index contributed by atoms with van der Waals surface area (Å²) < 4.78 is 11.3. The quantitative estimate of drug-likeness (QED) is 0.273. The van der Waals surface area contributed by atoms with Gasteiger partial charge in [0.2, 0.25) is 0 Å². The van der Waals surface area contributed by atoms with Crippen LogP contribution in [0, 0.1) is 6.92 Å². The second kappa shape index (κ2) is 11.1. The highest BCUT2D eigenvalue weighted by atomic mass is 32.2. The monoisotopic (exact) mass is 533 g/mol. The Kier molecular flexibility index (Phi) is 7.67. The third kappa shape index (κ3) is 5.45. The lowest BCUT2D eigenvalue weighted by Gasteiger charge is -2.29. The predicted molar refractivity (Wildman–Crippen MR) is 156 cm³/mol. The third-order valence-corrected chi connectivity index (χ3v) is 8.24. The first-order valence-corrected chi connectivity index (χ1v) is 13.8. The fourth-order valence-electron chi connectivity index (χ4n) is 4.88. The number of aryl methyl sites for hydroxylation is 1. The highest BCUT2D eigenvalue weighted by molar-refractivity contribution is 8.26. The van der Waals surface area contributed by atoms with Gasteiger partial charge in [0.05, 0.1) is 24.6 Å². The lowest BCUT2D eigenvalue weighted by atomic mass is 10.1. The SMILES string of the molecule is COc1ccc(CCN2C(=O)/C(=C/c3cc4cc(C)ccc4nc3N3CCCCC3)SC2=S)cc1OC. The molecule has 2 aliphatic heterocycles. The lowest BCUT2D eigenvalue weighted by molar-refractivity contribution is -0.122. The van der Waals surface area contributed by atoms with E-state index in [1.165, 1.54) is 23.7 Å². The Bertz CT molecular complexity index is 1380. The summed E-state index contributed by atoms with van der Waals surface area (Å²) in [5.74, 6) is 2.26. The second-order valence-electron chi connectivity index (χ2n) is 9.42. The van der Waals surface area contributed by atoms with Crippen molar-refractivity contribution in [2.45, 2.75) is 32.6 Å². The van der Waals surface area contributed by atoms with E-state index in [0.717, 1.165) is 53.8 Å². The summed E-state index contributed by atoms with van der Waals surface area (Å²) in [5.41, 5.74) is 4.19. The summed E-state index contributed by atoms with van der Waals surface area (Å²) in [5, 5.41) is 1.08. The van der Waals surface area contributed by atoms with Crippen molar-refractivity contribution >= 4 is 57.0 Å². The van der Waals surface area contributed by atoms with Gasteiger partial charge in [-0.3, -0.25) is 9.69 Å². The van der Waals surface area contributed by atoms with Gasteiger partial charge in [-0.2, -0.15) is 0 Å². The molecule has 1 aromatic heterocycles. The van der Waals surface area contributed by atoms with Crippen LogP contribution in [-0.2, 0) is 11.2 Å². The van der Waals surface area contributed by atoms with Gasteiger partial charge in [0.1, 0.15) is 10.1 Å². The minimum absolute atomic E-state index is 0.0515. The van der Waals surface area contributed by atoms with Gasteiger partial charge in [-0.05, 0) is 74.6 Å². The summed E-state index contributed by atoms with van der Waals surface area (Å²) in [4.78, 5) is 23.2. The number of methoxy groups -OCH3 is 2. The van der Waals surface area contributed by atoms with Crippen molar-refractivity contribution in [1.82, 2.24) is 9.88 Å². The van der Waals surface area contributed by atoms with E-state index in [4.69, 9.17) is 26.7 Å². The van der Waals surface area contributed by atoms with Crippen molar-refractivity contribution in [2.24, 2.45) is 0 Å². The van der Waals surface area contributed by atoms with Crippen LogP contribution >= 0.6 is 24.0 Å². The summed E-state index contributed by atoms with van der Waals surface area (Å²) in [6, 6.07) is 14.3. The number of hydrogen-bond acceptors (Lipinski definition) is 7. The van der Waals surface area contributed by atoms with Crippen LogP contribution in [0.4, 0.5) is 5.82 Å². The number of pyridine rings is 1. The molecular formula is C29H31N3O3S2. The molecule has 8 heteroatoms. The van der Waals surface area contributed by atoms with Gasteiger partial charge < -0.3 is 14.4 Å². The van der Waals surface area contributed by atoms with Gasteiger partial charge in [-0.1, -0.05) is 41.7 Å². The Balaban J connectivity index is 1.41. The molecule has 0 atom stereocenters. The number of carbonyl (C=O) groups excluding carboxylic acids is 1. The second-order valence-corrected chi connectivity index (χ2v) is 11.1. The summed E-state index contributed by atoms with van der Waals surface area (Å²) in [6.45, 7) is 4.56. The number of piperidine rings is 1. The molecule has 3 heterocycles. The predicted octanol–water partition coefficient (Wildman–Crippen LogP) is 5.99. The van der Waals surface area contributed by atoms with Crippen LogP contribution < -0.4 is 14.4 Å². The fourth-order valence-corrected chi connectivity index (χ4v) is 6.18. The Morgan fingerprint density at radius 3 is 2.57 bits per heavy atom. The first kappa shape index (κ1) is 25.5. The van der Waals surface area contributed by atoms with Crippen molar-refractivity contribution < 1.29 is 14.3 Å². The lowest BCUT2D eigenvalue weighted by Crippen LogP contribution is -2.31. The molecule has 0 radical (unpaired) electrons. The standard InChI is InChI=1S/C29H31N3O3S2/c1-19-7-9-23-21(15-19)17-22(27(30-23)31-12-5-4-6-13-31)18-26-28(33)32(29(36)37-26)14-11-20-8-10-24(34-2)25(16-20)35-3/h7-10,15-18H,4-6,11-14H2,1-3H3/b26-18-. The first-order chi connectivity index (χ1) is 18.0. The van der Waals surface area contributed by atoms with Crippen LogP contribution in [0.25, 0.3) is 17.0 Å². The van der Waals surface area contributed by atoms with Gasteiger partial charge in [-0.25, -0.2) is 4.98 Å². The number of thioether (sulfide) groups is 1. The zero-order chi connectivity index (χ0) is 25.9. The van der Waals surface area contributed by atoms with Crippen LogP contribution in [0.5, 0.6) is 11.5 Å². The topological polar surface area (TPSA) is 54.9 Å². The van der Waals surface area contributed by atoms with Crippen molar-refractivity contribution in [3.05, 3.63) is 64.1 Å². The number of rotatable bonds is 7. The van der Waals surface area contributed by atoms with Gasteiger partial charge in [0.15, 0.2) is 11.5 Å². The smallest absolute Gasteiger partial charge is 0.266 e. The molecular weight excluding hydrogens is 502 g/mol. The van der Waals surface area contributed by atoms with E-state index in [9.17, 15) is 4.79 Å². The van der Waals surface area contributed by atoms with Crippen LogP contribution in [0.3, 0.4) is 0 Å². The summed E-state index contributed by atoms with van der Waals surface area (Å²) in [7, 11) is 3.24. The normalized spacial score (nSPS) is 17.2. The number of ether oxygens (including phenoxy) is 2. The van der Waals surface area contributed by atoms with Crippen molar-refractivity contribution in [3.8, 4) is 11.5 Å². The molecule has 2 fully saturated rings. The minimum Gasteiger partial charge on any atom is -0.493 e. The number of aromatic nitrogens is 1. The average Bonchev–Trinajstić information content (AvgIpc) is 3.18. The molecule has 1 amide bonds. The van der Waals surface area contributed by atoms with Crippen molar-refractivity contribution in [1.29, 1.82) is 0 Å². The number of thiocarbonyl (C=S) groups is 1. The van der Waals surface area contributed by atoms with Gasteiger partial charge >= 0.3 is 0 Å². The molecule has 0 saturated carbocycles. The molecule has 0 spiro atoms. The molecule has 5 rings (SSSR count). The maximum Gasteiger partial charge on any atom is 0.266 e. The number of amides is 1. The van der Waals surface area contributed by atoms with Gasteiger partial charge in [0.25, 0.3) is 5.91 Å². The number of hydrogen-bond donors (Lipinski definition) is 0. The molecule has 192 valence electrons. The largest absolute Gasteiger partial charge is 0.493 e. The Morgan fingerprint density at radius 1 is 1.03 bits per heavy atom. The summed E-state index contributed by atoms with van der Waals surface area (Å²) >= 11 is 6.99. The van der Waals surface area contributed by atoms with Crippen LogP contribution in [0.1, 0.15) is 36.0 Å². The van der Waals surface area contributed by atoms with E-state index >= 15 is 0 Å². The molecule has 0 bridgehead atoms. The molecule has 0 aliphatic carbocycles.